The molecule has 0 aliphatic heterocycles. The van der Waals surface area contributed by atoms with Crippen LogP contribution < -0.4 is 5.32 Å². The minimum absolute atomic E-state index is 0.181. The molecule has 0 bridgehead atoms. The molecule has 27 heavy (non-hydrogen) atoms. The first kappa shape index (κ1) is 18.8. The molecule has 0 spiro atoms. The zero-order chi connectivity index (χ0) is 18.9. The second-order valence-corrected chi connectivity index (χ2v) is 6.62. The second kappa shape index (κ2) is 9.64. The third-order valence-electron chi connectivity index (χ3n) is 4.26. The quantitative estimate of drug-likeness (QED) is 0.594. The van der Waals surface area contributed by atoms with Crippen LogP contribution in [-0.2, 0) is 13.1 Å². The van der Waals surface area contributed by atoms with E-state index in [-0.39, 0.29) is 5.91 Å². The van der Waals surface area contributed by atoms with Crippen LogP contribution >= 0.6 is 0 Å². The molecule has 0 aliphatic rings. The number of amides is 1. The summed E-state index contributed by atoms with van der Waals surface area (Å²) in [5, 5.41) is 10.9. The maximum atomic E-state index is 12.2. The SMILES string of the molecule is CN(CCCNC(=O)c1cn(Cc2ccccc2)nn1)Cc1ccccc1. The molecule has 1 aromatic heterocycles. The van der Waals surface area contributed by atoms with Crippen molar-refractivity contribution in [2.45, 2.75) is 19.5 Å². The number of nitrogens with zero attached hydrogens (tertiary/aromatic N) is 4. The molecule has 3 rings (SSSR count). The van der Waals surface area contributed by atoms with Crippen LogP contribution in [0.4, 0.5) is 0 Å². The molecule has 140 valence electrons. The maximum Gasteiger partial charge on any atom is 0.273 e. The highest BCUT2D eigenvalue weighted by atomic mass is 16.2. The summed E-state index contributed by atoms with van der Waals surface area (Å²) in [6.45, 7) is 3.04. The van der Waals surface area contributed by atoms with E-state index in [1.54, 1.807) is 10.9 Å². The Hall–Kier alpha value is -2.99. The molecule has 1 amide bonds. The van der Waals surface area contributed by atoms with Crippen molar-refractivity contribution < 1.29 is 4.79 Å². The summed E-state index contributed by atoms with van der Waals surface area (Å²) >= 11 is 0. The number of rotatable bonds is 9. The van der Waals surface area contributed by atoms with Crippen molar-refractivity contribution in [2.24, 2.45) is 0 Å². The lowest BCUT2D eigenvalue weighted by Gasteiger charge is -2.16. The number of hydrogen-bond acceptors (Lipinski definition) is 4. The van der Waals surface area contributed by atoms with Crippen molar-refractivity contribution in [1.82, 2.24) is 25.2 Å². The average molecular weight is 363 g/mol. The third kappa shape index (κ3) is 6.04. The Balaban J connectivity index is 1.38. The molecule has 1 heterocycles. The summed E-state index contributed by atoms with van der Waals surface area (Å²) in [7, 11) is 2.09. The molecule has 0 unspecified atom stereocenters. The smallest absolute Gasteiger partial charge is 0.273 e. The van der Waals surface area contributed by atoms with Crippen LogP contribution in [0.25, 0.3) is 0 Å². The van der Waals surface area contributed by atoms with E-state index in [1.807, 2.05) is 48.5 Å². The molecule has 6 nitrogen and oxygen atoms in total. The predicted octanol–water partition coefficient (Wildman–Crippen LogP) is 2.58. The van der Waals surface area contributed by atoms with Crippen molar-refractivity contribution in [1.29, 1.82) is 0 Å². The van der Waals surface area contributed by atoms with Gasteiger partial charge in [0.1, 0.15) is 0 Å². The molecule has 0 saturated carbocycles. The van der Waals surface area contributed by atoms with E-state index in [4.69, 9.17) is 0 Å². The summed E-state index contributed by atoms with van der Waals surface area (Å²) in [5.74, 6) is -0.181. The van der Waals surface area contributed by atoms with Crippen molar-refractivity contribution in [3.63, 3.8) is 0 Å². The van der Waals surface area contributed by atoms with Gasteiger partial charge in [0.2, 0.25) is 0 Å². The van der Waals surface area contributed by atoms with Gasteiger partial charge >= 0.3 is 0 Å². The van der Waals surface area contributed by atoms with E-state index in [2.05, 4.69) is 39.7 Å². The fourth-order valence-corrected chi connectivity index (χ4v) is 2.87. The molecule has 0 radical (unpaired) electrons. The van der Waals surface area contributed by atoms with Crippen LogP contribution in [0.1, 0.15) is 28.0 Å². The first-order valence-corrected chi connectivity index (χ1v) is 9.15. The zero-order valence-electron chi connectivity index (χ0n) is 15.6. The van der Waals surface area contributed by atoms with Gasteiger partial charge < -0.3 is 10.2 Å². The standard InChI is InChI=1S/C21H25N5O/c1-25(15-18-9-4-2-5-10-18)14-8-13-22-21(27)20-17-26(24-23-20)16-19-11-6-3-7-12-19/h2-7,9-12,17H,8,13-16H2,1H3,(H,22,27). The van der Waals surface area contributed by atoms with E-state index in [1.165, 1.54) is 5.56 Å². The first-order chi connectivity index (χ1) is 13.2. The first-order valence-electron chi connectivity index (χ1n) is 9.15. The maximum absolute atomic E-state index is 12.2. The molecule has 3 aromatic rings. The van der Waals surface area contributed by atoms with Gasteiger partial charge in [-0.1, -0.05) is 65.9 Å². The van der Waals surface area contributed by atoms with Gasteiger partial charge in [0.05, 0.1) is 12.7 Å². The Morgan fingerprint density at radius 2 is 1.70 bits per heavy atom. The van der Waals surface area contributed by atoms with E-state index in [9.17, 15) is 4.79 Å². The highest BCUT2D eigenvalue weighted by Gasteiger charge is 2.10. The topological polar surface area (TPSA) is 63.1 Å². The third-order valence-corrected chi connectivity index (χ3v) is 4.26. The minimum Gasteiger partial charge on any atom is -0.351 e. The van der Waals surface area contributed by atoms with Crippen molar-refractivity contribution in [2.75, 3.05) is 20.1 Å². The fourth-order valence-electron chi connectivity index (χ4n) is 2.87. The Morgan fingerprint density at radius 3 is 2.41 bits per heavy atom. The Bertz CT molecular complexity index is 832. The molecule has 0 fully saturated rings. The molecule has 0 saturated heterocycles. The van der Waals surface area contributed by atoms with Crippen LogP contribution in [0.5, 0.6) is 0 Å². The van der Waals surface area contributed by atoms with Gasteiger partial charge in [-0.05, 0) is 31.1 Å². The van der Waals surface area contributed by atoms with E-state index < -0.39 is 0 Å². The summed E-state index contributed by atoms with van der Waals surface area (Å²) in [5.41, 5.74) is 2.76. The highest BCUT2D eigenvalue weighted by molar-refractivity contribution is 5.91. The molecule has 0 aliphatic carbocycles. The summed E-state index contributed by atoms with van der Waals surface area (Å²) in [6.07, 6.45) is 2.57. The van der Waals surface area contributed by atoms with Crippen LogP contribution in [0.3, 0.4) is 0 Å². The second-order valence-electron chi connectivity index (χ2n) is 6.62. The highest BCUT2D eigenvalue weighted by Crippen LogP contribution is 2.04. The average Bonchev–Trinajstić information content (AvgIpc) is 3.15. The number of hydrogen-bond donors (Lipinski definition) is 1. The van der Waals surface area contributed by atoms with Crippen LogP contribution in [-0.4, -0.2) is 45.9 Å². The van der Waals surface area contributed by atoms with Gasteiger partial charge in [-0.25, -0.2) is 4.68 Å². The molecule has 1 N–H and O–H groups in total. The van der Waals surface area contributed by atoms with Crippen LogP contribution in [0.2, 0.25) is 0 Å². The van der Waals surface area contributed by atoms with Gasteiger partial charge in [-0.2, -0.15) is 0 Å². The molecular weight excluding hydrogens is 338 g/mol. The number of carbonyl (C=O) groups is 1. The van der Waals surface area contributed by atoms with E-state index in [0.717, 1.165) is 25.1 Å². The van der Waals surface area contributed by atoms with Gasteiger partial charge in [-0.15, -0.1) is 5.10 Å². The minimum atomic E-state index is -0.181. The number of aromatic nitrogens is 3. The van der Waals surface area contributed by atoms with E-state index >= 15 is 0 Å². The zero-order valence-corrected chi connectivity index (χ0v) is 15.6. The summed E-state index contributed by atoms with van der Waals surface area (Å²) in [4.78, 5) is 14.5. The summed E-state index contributed by atoms with van der Waals surface area (Å²) < 4.78 is 1.68. The van der Waals surface area contributed by atoms with Crippen LogP contribution in [0, 0.1) is 0 Å². The lowest BCUT2D eigenvalue weighted by Crippen LogP contribution is -2.28. The van der Waals surface area contributed by atoms with Crippen molar-refractivity contribution in [3.8, 4) is 0 Å². The molecular formula is C21H25N5O. The molecule has 2 aromatic carbocycles. The number of benzene rings is 2. The monoisotopic (exact) mass is 363 g/mol. The lowest BCUT2D eigenvalue weighted by molar-refractivity contribution is 0.0947. The normalized spacial score (nSPS) is 10.9. The van der Waals surface area contributed by atoms with Gasteiger partial charge in [-0.3, -0.25) is 4.79 Å². The largest absolute Gasteiger partial charge is 0.351 e. The van der Waals surface area contributed by atoms with Crippen molar-refractivity contribution >= 4 is 5.91 Å². The lowest BCUT2D eigenvalue weighted by atomic mass is 10.2. The van der Waals surface area contributed by atoms with Gasteiger partial charge in [0.25, 0.3) is 5.91 Å². The van der Waals surface area contributed by atoms with Gasteiger partial charge in [0.15, 0.2) is 5.69 Å². The predicted molar refractivity (Wildman–Crippen MR) is 105 cm³/mol. The van der Waals surface area contributed by atoms with Gasteiger partial charge in [0, 0.05) is 13.1 Å². The molecule has 6 heteroatoms. The molecule has 0 atom stereocenters. The number of carbonyl (C=O) groups excluding carboxylic acids is 1. The fraction of sp³-hybridized carbons (Fsp3) is 0.286. The Morgan fingerprint density at radius 1 is 1.04 bits per heavy atom. The Labute approximate surface area is 159 Å². The van der Waals surface area contributed by atoms with Crippen molar-refractivity contribution in [3.05, 3.63) is 83.7 Å². The van der Waals surface area contributed by atoms with E-state index in [0.29, 0.717) is 18.8 Å². The van der Waals surface area contributed by atoms with Crippen LogP contribution in [0.15, 0.2) is 66.9 Å². The summed E-state index contributed by atoms with van der Waals surface area (Å²) in [6, 6.07) is 20.3. The number of nitrogens with one attached hydrogen (secondary N) is 1. The Kier molecular flexibility index (Phi) is 6.71.